The molecule has 0 radical (unpaired) electrons. The van der Waals surface area contributed by atoms with E-state index in [2.05, 4.69) is 5.32 Å². The van der Waals surface area contributed by atoms with Crippen molar-refractivity contribution in [3.8, 4) is 0 Å². The SMILES string of the molecule is CC(=O)N(C)c1ccccc1NCc1ccc(C)o1. The summed E-state index contributed by atoms with van der Waals surface area (Å²) in [5.41, 5.74) is 1.77. The van der Waals surface area contributed by atoms with Crippen LogP contribution < -0.4 is 10.2 Å². The second-order valence-electron chi connectivity index (χ2n) is 4.46. The number of hydrogen-bond acceptors (Lipinski definition) is 3. The maximum absolute atomic E-state index is 11.5. The normalized spacial score (nSPS) is 10.3. The molecule has 0 spiro atoms. The Bertz CT molecular complexity index is 575. The molecule has 0 atom stereocenters. The number of aryl methyl sites for hydroxylation is 1. The van der Waals surface area contributed by atoms with Crippen molar-refractivity contribution >= 4 is 17.3 Å². The Morgan fingerprint density at radius 2 is 2.00 bits per heavy atom. The maximum Gasteiger partial charge on any atom is 0.223 e. The zero-order valence-electron chi connectivity index (χ0n) is 11.4. The van der Waals surface area contributed by atoms with Gasteiger partial charge < -0.3 is 14.6 Å². The standard InChI is InChI=1S/C15H18N2O2/c1-11-8-9-13(19-11)10-16-14-6-4-5-7-15(14)17(3)12(2)18/h4-9,16H,10H2,1-3H3. The number of furan rings is 1. The van der Waals surface area contributed by atoms with Gasteiger partial charge in [-0.3, -0.25) is 4.79 Å². The quantitative estimate of drug-likeness (QED) is 0.916. The molecule has 1 aromatic carbocycles. The number of nitrogens with zero attached hydrogens (tertiary/aromatic N) is 1. The highest BCUT2D eigenvalue weighted by Crippen LogP contribution is 2.25. The summed E-state index contributed by atoms with van der Waals surface area (Å²) in [6.45, 7) is 4.06. The summed E-state index contributed by atoms with van der Waals surface area (Å²) in [6, 6.07) is 11.6. The number of nitrogens with one attached hydrogen (secondary N) is 1. The van der Waals surface area contributed by atoms with E-state index in [0.29, 0.717) is 6.54 Å². The highest BCUT2D eigenvalue weighted by molar-refractivity contribution is 5.94. The van der Waals surface area contributed by atoms with Gasteiger partial charge in [-0.1, -0.05) is 12.1 Å². The van der Waals surface area contributed by atoms with E-state index in [0.717, 1.165) is 22.9 Å². The summed E-state index contributed by atoms with van der Waals surface area (Å²) in [5, 5.41) is 3.29. The summed E-state index contributed by atoms with van der Waals surface area (Å²) in [5.74, 6) is 1.77. The molecule has 0 saturated heterocycles. The topological polar surface area (TPSA) is 45.5 Å². The van der Waals surface area contributed by atoms with Crippen LogP contribution >= 0.6 is 0 Å². The predicted octanol–water partition coefficient (Wildman–Crippen LogP) is 3.18. The van der Waals surface area contributed by atoms with Crippen molar-refractivity contribution < 1.29 is 9.21 Å². The lowest BCUT2D eigenvalue weighted by Crippen LogP contribution is -2.23. The molecular formula is C15H18N2O2. The molecule has 0 unspecified atom stereocenters. The van der Waals surface area contributed by atoms with E-state index in [-0.39, 0.29) is 5.91 Å². The van der Waals surface area contributed by atoms with Crippen LogP contribution in [0.25, 0.3) is 0 Å². The second-order valence-corrected chi connectivity index (χ2v) is 4.46. The monoisotopic (exact) mass is 258 g/mol. The molecule has 0 aliphatic heterocycles. The summed E-state index contributed by atoms with van der Waals surface area (Å²) in [6.07, 6.45) is 0. The fraction of sp³-hybridized carbons (Fsp3) is 0.267. The zero-order chi connectivity index (χ0) is 13.8. The maximum atomic E-state index is 11.5. The van der Waals surface area contributed by atoms with Crippen LogP contribution in [0.1, 0.15) is 18.4 Å². The third-order valence-electron chi connectivity index (χ3n) is 2.99. The third kappa shape index (κ3) is 3.16. The smallest absolute Gasteiger partial charge is 0.223 e. The fourth-order valence-electron chi connectivity index (χ4n) is 1.85. The van der Waals surface area contributed by atoms with Crippen molar-refractivity contribution in [2.45, 2.75) is 20.4 Å². The molecular weight excluding hydrogens is 240 g/mol. The van der Waals surface area contributed by atoms with Gasteiger partial charge in [0.05, 0.1) is 17.9 Å². The van der Waals surface area contributed by atoms with E-state index in [4.69, 9.17) is 4.42 Å². The van der Waals surface area contributed by atoms with Crippen LogP contribution in [0.3, 0.4) is 0 Å². The van der Waals surface area contributed by atoms with Gasteiger partial charge >= 0.3 is 0 Å². The van der Waals surface area contributed by atoms with Crippen LogP contribution in [0, 0.1) is 6.92 Å². The molecule has 2 rings (SSSR count). The summed E-state index contributed by atoms with van der Waals surface area (Å²) < 4.78 is 5.51. The minimum atomic E-state index is 0.00286. The molecule has 19 heavy (non-hydrogen) atoms. The predicted molar refractivity (Wildman–Crippen MR) is 76.3 cm³/mol. The van der Waals surface area contributed by atoms with Crippen molar-refractivity contribution in [2.75, 3.05) is 17.3 Å². The minimum Gasteiger partial charge on any atom is -0.465 e. The van der Waals surface area contributed by atoms with Crippen LogP contribution in [0.15, 0.2) is 40.8 Å². The van der Waals surface area contributed by atoms with Gasteiger partial charge in [0.2, 0.25) is 5.91 Å². The molecule has 1 aromatic heterocycles. The molecule has 1 amide bonds. The van der Waals surface area contributed by atoms with Gasteiger partial charge in [-0.05, 0) is 31.2 Å². The first-order chi connectivity index (χ1) is 9.08. The number of hydrogen-bond donors (Lipinski definition) is 1. The molecule has 0 bridgehead atoms. The molecule has 0 aliphatic carbocycles. The Kier molecular flexibility index (Phi) is 3.90. The first kappa shape index (κ1) is 13.2. The Labute approximate surface area is 113 Å². The average molecular weight is 258 g/mol. The third-order valence-corrected chi connectivity index (χ3v) is 2.99. The van der Waals surface area contributed by atoms with Crippen LogP contribution in [0.2, 0.25) is 0 Å². The van der Waals surface area contributed by atoms with E-state index >= 15 is 0 Å². The second kappa shape index (κ2) is 5.61. The van der Waals surface area contributed by atoms with Crippen LogP contribution in [0.5, 0.6) is 0 Å². The van der Waals surface area contributed by atoms with E-state index in [1.54, 1.807) is 18.9 Å². The molecule has 2 aromatic rings. The van der Waals surface area contributed by atoms with Gasteiger partial charge in [-0.25, -0.2) is 0 Å². The number of rotatable bonds is 4. The van der Waals surface area contributed by atoms with Gasteiger partial charge in [0, 0.05) is 14.0 Å². The first-order valence-corrected chi connectivity index (χ1v) is 6.20. The lowest BCUT2D eigenvalue weighted by Gasteiger charge is -2.19. The number of amides is 1. The summed E-state index contributed by atoms with van der Waals surface area (Å²) in [7, 11) is 1.76. The highest BCUT2D eigenvalue weighted by atomic mass is 16.3. The molecule has 4 nitrogen and oxygen atoms in total. The Hall–Kier alpha value is -2.23. The number of para-hydroxylation sites is 2. The van der Waals surface area contributed by atoms with E-state index in [1.807, 2.05) is 43.3 Å². The molecule has 1 N–H and O–H groups in total. The summed E-state index contributed by atoms with van der Waals surface area (Å²) >= 11 is 0. The minimum absolute atomic E-state index is 0.00286. The van der Waals surface area contributed by atoms with Crippen LogP contribution in [-0.2, 0) is 11.3 Å². The Morgan fingerprint density at radius 3 is 2.63 bits per heavy atom. The molecule has 0 saturated carbocycles. The number of carbonyl (C=O) groups is 1. The van der Waals surface area contributed by atoms with Gasteiger partial charge in [0.25, 0.3) is 0 Å². The zero-order valence-corrected chi connectivity index (χ0v) is 11.4. The van der Waals surface area contributed by atoms with E-state index < -0.39 is 0 Å². The fourth-order valence-corrected chi connectivity index (χ4v) is 1.85. The Balaban J connectivity index is 2.14. The van der Waals surface area contributed by atoms with Crippen molar-refractivity contribution in [3.05, 3.63) is 47.9 Å². The number of anilines is 2. The van der Waals surface area contributed by atoms with Crippen LogP contribution in [-0.4, -0.2) is 13.0 Å². The number of benzene rings is 1. The average Bonchev–Trinajstić information content (AvgIpc) is 2.81. The molecule has 0 fully saturated rings. The van der Waals surface area contributed by atoms with Crippen LogP contribution in [0.4, 0.5) is 11.4 Å². The van der Waals surface area contributed by atoms with Gasteiger partial charge in [0.1, 0.15) is 11.5 Å². The summed E-state index contributed by atoms with van der Waals surface area (Å²) in [4.78, 5) is 13.1. The lowest BCUT2D eigenvalue weighted by atomic mass is 10.2. The molecule has 0 aliphatic rings. The van der Waals surface area contributed by atoms with Gasteiger partial charge in [0.15, 0.2) is 0 Å². The van der Waals surface area contributed by atoms with Crippen molar-refractivity contribution in [3.63, 3.8) is 0 Å². The van der Waals surface area contributed by atoms with Crippen molar-refractivity contribution in [2.24, 2.45) is 0 Å². The molecule has 100 valence electrons. The van der Waals surface area contributed by atoms with Gasteiger partial charge in [-0.2, -0.15) is 0 Å². The van der Waals surface area contributed by atoms with Crippen molar-refractivity contribution in [1.29, 1.82) is 0 Å². The highest BCUT2D eigenvalue weighted by Gasteiger charge is 2.10. The van der Waals surface area contributed by atoms with Gasteiger partial charge in [-0.15, -0.1) is 0 Å². The lowest BCUT2D eigenvalue weighted by molar-refractivity contribution is -0.116. The van der Waals surface area contributed by atoms with E-state index in [9.17, 15) is 4.79 Å². The van der Waals surface area contributed by atoms with Crippen molar-refractivity contribution in [1.82, 2.24) is 0 Å². The van der Waals surface area contributed by atoms with E-state index in [1.165, 1.54) is 0 Å². The Morgan fingerprint density at radius 1 is 1.26 bits per heavy atom. The number of carbonyl (C=O) groups excluding carboxylic acids is 1. The molecule has 4 heteroatoms. The molecule has 1 heterocycles. The largest absolute Gasteiger partial charge is 0.465 e. The first-order valence-electron chi connectivity index (χ1n) is 6.20.